The second kappa shape index (κ2) is 7.51. The molecule has 5 N–H and O–H groups in total. The number of primary amides is 1. The molecule has 0 spiro atoms. The minimum atomic E-state index is -1.12. The standard InChI is InChI=1S/C20H16N6O4/c21-17(27)12-3-1-2-11(6-12)8-22-14-4-5-16-15(7-14)18(28)25-20(24-16)26-10-13(9-23-26)19(29)30/h1-7,9-10,22H,8H2,(H2,21,27)(H,29,30)(H,24,25,28). The fourth-order valence-electron chi connectivity index (χ4n) is 2.93. The molecule has 0 atom stereocenters. The number of amides is 1. The van der Waals surface area contributed by atoms with Crippen molar-refractivity contribution in [1.82, 2.24) is 19.7 Å². The lowest BCUT2D eigenvalue weighted by atomic mass is 10.1. The van der Waals surface area contributed by atoms with Crippen LogP contribution in [0.25, 0.3) is 16.9 Å². The van der Waals surface area contributed by atoms with Crippen molar-refractivity contribution in [3.63, 3.8) is 0 Å². The van der Waals surface area contributed by atoms with Gasteiger partial charge in [0.15, 0.2) is 0 Å². The van der Waals surface area contributed by atoms with Gasteiger partial charge < -0.3 is 16.2 Å². The molecule has 30 heavy (non-hydrogen) atoms. The molecule has 0 saturated heterocycles. The summed E-state index contributed by atoms with van der Waals surface area (Å²) >= 11 is 0. The number of rotatable bonds is 6. The lowest BCUT2D eigenvalue weighted by Gasteiger charge is -2.09. The second-order valence-electron chi connectivity index (χ2n) is 6.52. The largest absolute Gasteiger partial charge is 0.478 e. The van der Waals surface area contributed by atoms with Crippen molar-refractivity contribution in [3.05, 3.63) is 81.9 Å². The van der Waals surface area contributed by atoms with Crippen LogP contribution in [0.5, 0.6) is 0 Å². The maximum Gasteiger partial charge on any atom is 0.338 e. The van der Waals surface area contributed by atoms with Crippen LogP contribution >= 0.6 is 0 Å². The number of aromatic amines is 1. The van der Waals surface area contributed by atoms with Gasteiger partial charge in [0.25, 0.3) is 5.56 Å². The Kier molecular flexibility index (Phi) is 4.72. The third-order valence-electron chi connectivity index (χ3n) is 4.45. The Morgan fingerprint density at radius 2 is 2.00 bits per heavy atom. The summed E-state index contributed by atoms with van der Waals surface area (Å²) in [6.45, 7) is 0.432. The van der Waals surface area contributed by atoms with Crippen LogP contribution in [0.3, 0.4) is 0 Å². The van der Waals surface area contributed by atoms with Gasteiger partial charge in [0, 0.05) is 24.0 Å². The third kappa shape index (κ3) is 3.74. The number of aromatic carboxylic acids is 1. The first-order chi connectivity index (χ1) is 14.4. The number of aromatic nitrogens is 4. The van der Waals surface area contributed by atoms with Gasteiger partial charge in [0.05, 0.1) is 22.7 Å². The summed E-state index contributed by atoms with van der Waals surface area (Å²) in [5.74, 6) is -1.51. The van der Waals surface area contributed by atoms with E-state index < -0.39 is 11.9 Å². The minimum absolute atomic E-state index is 0.0160. The van der Waals surface area contributed by atoms with Crippen LogP contribution in [-0.4, -0.2) is 36.7 Å². The predicted molar refractivity (Wildman–Crippen MR) is 109 cm³/mol. The van der Waals surface area contributed by atoms with Crippen molar-refractivity contribution in [1.29, 1.82) is 0 Å². The van der Waals surface area contributed by atoms with Gasteiger partial charge in [-0.05, 0) is 35.9 Å². The normalized spacial score (nSPS) is 10.8. The maximum atomic E-state index is 12.5. The fraction of sp³-hybridized carbons (Fsp3) is 0.0500. The van der Waals surface area contributed by atoms with Crippen molar-refractivity contribution in [2.24, 2.45) is 5.73 Å². The van der Waals surface area contributed by atoms with Crippen molar-refractivity contribution in [2.75, 3.05) is 5.32 Å². The SMILES string of the molecule is NC(=O)c1cccc(CNc2ccc3nc(-n4cc(C(=O)O)cn4)[nH]c(=O)c3c2)c1. The van der Waals surface area contributed by atoms with E-state index >= 15 is 0 Å². The first kappa shape index (κ1) is 18.9. The number of carboxylic acids is 1. The number of nitrogens with two attached hydrogens (primary N) is 1. The van der Waals surface area contributed by atoms with Gasteiger partial charge in [-0.3, -0.25) is 14.6 Å². The molecule has 150 valence electrons. The van der Waals surface area contributed by atoms with Gasteiger partial charge >= 0.3 is 5.97 Å². The number of anilines is 1. The zero-order valence-corrected chi connectivity index (χ0v) is 15.5. The fourth-order valence-corrected chi connectivity index (χ4v) is 2.93. The Balaban J connectivity index is 1.59. The summed E-state index contributed by atoms with van der Waals surface area (Å²) in [6, 6.07) is 12.1. The number of carbonyl (C=O) groups excluding carboxylic acids is 1. The molecule has 4 aromatic rings. The molecule has 0 fully saturated rings. The molecule has 0 saturated carbocycles. The van der Waals surface area contributed by atoms with E-state index in [1.54, 1.807) is 36.4 Å². The smallest absolute Gasteiger partial charge is 0.338 e. The topological polar surface area (TPSA) is 156 Å². The summed E-state index contributed by atoms with van der Waals surface area (Å²) in [5, 5.41) is 16.5. The van der Waals surface area contributed by atoms with Crippen molar-refractivity contribution < 1.29 is 14.7 Å². The summed E-state index contributed by atoms with van der Waals surface area (Å²) in [4.78, 5) is 41.8. The Morgan fingerprint density at radius 3 is 2.73 bits per heavy atom. The number of nitrogens with zero attached hydrogens (tertiary/aromatic N) is 3. The average molecular weight is 404 g/mol. The highest BCUT2D eigenvalue weighted by molar-refractivity contribution is 5.93. The van der Waals surface area contributed by atoms with Gasteiger partial charge in [-0.1, -0.05) is 12.1 Å². The van der Waals surface area contributed by atoms with E-state index in [0.717, 1.165) is 5.56 Å². The Bertz CT molecular complexity index is 1340. The molecule has 10 heteroatoms. The van der Waals surface area contributed by atoms with E-state index in [9.17, 15) is 14.4 Å². The number of fused-ring (bicyclic) bond motifs is 1. The second-order valence-corrected chi connectivity index (χ2v) is 6.52. The van der Waals surface area contributed by atoms with E-state index in [-0.39, 0.29) is 17.1 Å². The maximum absolute atomic E-state index is 12.5. The van der Waals surface area contributed by atoms with Gasteiger partial charge in [-0.2, -0.15) is 5.10 Å². The van der Waals surface area contributed by atoms with Crippen molar-refractivity contribution in [3.8, 4) is 5.95 Å². The van der Waals surface area contributed by atoms with E-state index in [4.69, 9.17) is 10.8 Å². The quantitative estimate of drug-likeness (QED) is 0.379. The molecule has 4 rings (SSSR count). The molecule has 0 radical (unpaired) electrons. The third-order valence-corrected chi connectivity index (χ3v) is 4.45. The molecule has 2 aromatic heterocycles. The Hall–Kier alpha value is -4.47. The molecule has 2 aromatic carbocycles. The van der Waals surface area contributed by atoms with E-state index in [0.29, 0.717) is 28.7 Å². The Morgan fingerprint density at radius 1 is 1.17 bits per heavy atom. The highest BCUT2D eigenvalue weighted by atomic mass is 16.4. The number of carbonyl (C=O) groups is 2. The van der Waals surface area contributed by atoms with Gasteiger partial charge in [-0.15, -0.1) is 0 Å². The average Bonchev–Trinajstić information content (AvgIpc) is 3.23. The van der Waals surface area contributed by atoms with E-state index in [2.05, 4.69) is 20.4 Å². The van der Waals surface area contributed by atoms with E-state index in [1.165, 1.54) is 17.1 Å². The lowest BCUT2D eigenvalue weighted by molar-refractivity contribution is 0.0696. The number of hydrogen-bond donors (Lipinski definition) is 4. The monoisotopic (exact) mass is 404 g/mol. The summed E-state index contributed by atoms with van der Waals surface area (Å²) in [7, 11) is 0. The molecular weight excluding hydrogens is 388 g/mol. The van der Waals surface area contributed by atoms with Crippen LogP contribution in [0.1, 0.15) is 26.3 Å². The molecule has 1 amide bonds. The van der Waals surface area contributed by atoms with Crippen LogP contribution in [0, 0.1) is 0 Å². The molecule has 0 aliphatic carbocycles. The summed E-state index contributed by atoms with van der Waals surface area (Å²) in [5.41, 5.74) is 7.31. The molecule has 2 heterocycles. The first-order valence-corrected chi connectivity index (χ1v) is 8.86. The highest BCUT2D eigenvalue weighted by Gasteiger charge is 2.11. The highest BCUT2D eigenvalue weighted by Crippen LogP contribution is 2.17. The van der Waals surface area contributed by atoms with Crippen LogP contribution in [0.4, 0.5) is 5.69 Å². The van der Waals surface area contributed by atoms with Gasteiger partial charge in [0.2, 0.25) is 11.9 Å². The number of nitrogens with one attached hydrogen (secondary N) is 2. The van der Waals surface area contributed by atoms with Crippen LogP contribution in [0.15, 0.2) is 59.7 Å². The number of H-pyrrole nitrogens is 1. The molecule has 10 nitrogen and oxygen atoms in total. The summed E-state index contributed by atoms with van der Waals surface area (Å²) < 4.78 is 1.20. The Labute approximate surface area is 169 Å². The molecular formula is C20H16N6O4. The predicted octanol–water partition coefficient (Wildman–Crippen LogP) is 1.52. The molecule has 0 bridgehead atoms. The van der Waals surface area contributed by atoms with Crippen molar-refractivity contribution >= 4 is 28.5 Å². The van der Waals surface area contributed by atoms with Crippen molar-refractivity contribution in [2.45, 2.75) is 6.54 Å². The van der Waals surface area contributed by atoms with E-state index in [1.807, 2.05) is 6.07 Å². The number of benzene rings is 2. The summed E-state index contributed by atoms with van der Waals surface area (Å²) in [6.07, 6.45) is 2.44. The van der Waals surface area contributed by atoms with Crippen LogP contribution in [-0.2, 0) is 6.54 Å². The van der Waals surface area contributed by atoms with Crippen LogP contribution in [0.2, 0.25) is 0 Å². The zero-order valence-electron chi connectivity index (χ0n) is 15.5. The molecule has 0 aliphatic heterocycles. The zero-order chi connectivity index (χ0) is 21.3. The molecule has 0 aliphatic rings. The molecule has 0 unspecified atom stereocenters. The van der Waals surface area contributed by atoms with Crippen LogP contribution < -0.4 is 16.6 Å². The van der Waals surface area contributed by atoms with Gasteiger partial charge in [0.1, 0.15) is 0 Å². The number of carboxylic acid groups (broad SMARTS) is 1. The minimum Gasteiger partial charge on any atom is -0.478 e. The number of hydrogen-bond acceptors (Lipinski definition) is 6. The lowest BCUT2D eigenvalue weighted by Crippen LogP contribution is -2.14. The van der Waals surface area contributed by atoms with Gasteiger partial charge in [-0.25, -0.2) is 14.5 Å². The first-order valence-electron chi connectivity index (χ1n) is 8.86.